The van der Waals surface area contributed by atoms with Crippen molar-refractivity contribution < 1.29 is 9.90 Å². The van der Waals surface area contributed by atoms with Crippen molar-refractivity contribution in [2.24, 2.45) is 0 Å². The van der Waals surface area contributed by atoms with Gasteiger partial charge < -0.3 is 20.3 Å². The Balaban J connectivity index is 1.53. The normalized spacial score (nSPS) is 14.0. The maximum Gasteiger partial charge on any atom is 0.352 e. The minimum atomic E-state index is -1.01. The van der Waals surface area contributed by atoms with E-state index in [0.29, 0.717) is 29.0 Å². The number of carbonyl (C=O) groups is 1. The third-order valence-corrected chi connectivity index (χ3v) is 5.62. The molecule has 3 N–H and O–H groups in total. The molecule has 0 saturated carbocycles. The van der Waals surface area contributed by atoms with Crippen LogP contribution in [0.5, 0.6) is 0 Å². The third kappa shape index (κ3) is 3.84. The molecule has 4 heterocycles. The fourth-order valence-electron chi connectivity index (χ4n) is 3.95. The fourth-order valence-corrected chi connectivity index (χ4v) is 3.95. The fraction of sp³-hybridized carbons (Fsp3) is 0.261. The molecular formula is C23H23N7O2. The van der Waals surface area contributed by atoms with Gasteiger partial charge in [-0.05, 0) is 49.9 Å². The van der Waals surface area contributed by atoms with Gasteiger partial charge in [0.15, 0.2) is 0 Å². The van der Waals surface area contributed by atoms with Crippen LogP contribution in [0.2, 0.25) is 0 Å². The highest BCUT2D eigenvalue weighted by atomic mass is 16.4. The van der Waals surface area contributed by atoms with E-state index in [4.69, 9.17) is 9.97 Å². The second-order valence-electron chi connectivity index (χ2n) is 7.89. The zero-order chi connectivity index (χ0) is 22.1. The van der Waals surface area contributed by atoms with Crippen LogP contribution in [0.1, 0.15) is 35.3 Å². The number of hydrogen-bond donors (Lipinski definition) is 3. The summed E-state index contributed by atoms with van der Waals surface area (Å²) >= 11 is 0. The van der Waals surface area contributed by atoms with Gasteiger partial charge in [0.25, 0.3) is 0 Å². The molecule has 0 atom stereocenters. The average molecular weight is 429 g/mol. The third-order valence-electron chi connectivity index (χ3n) is 5.62. The summed E-state index contributed by atoms with van der Waals surface area (Å²) < 4.78 is 0. The van der Waals surface area contributed by atoms with Crippen molar-refractivity contribution in [2.75, 3.05) is 23.3 Å². The average Bonchev–Trinajstić information content (AvgIpc) is 3.31. The van der Waals surface area contributed by atoms with Gasteiger partial charge in [-0.25, -0.2) is 19.7 Å². The maximum absolute atomic E-state index is 11.2. The molecule has 1 aliphatic rings. The number of aromatic amines is 1. The number of anilines is 3. The Bertz CT molecular complexity index is 1290. The quantitative estimate of drug-likeness (QED) is 0.433. The molecule has 9 nitrogen and oxygen atoms in total. The standard InChI is InChI=1S/C23H23N7O2/c1-14-12-25-22(27-19(14)15-11-18(21(31)32)24-13-15)28-20-16-7-3-4-8-17(16)26-23(29-20)30-9-5-2-6-10-30/h3-4,7-8,11-13,24H,2,5-6,9-10H2,1H3,(H,31,32)(H,25,26,27,28,29). The van der Waals surface area contributed by atoms with E-state index < -0.39 is 5.97 Å². The van der Waals surface area contributed by atoms with E-state index in [1.165, 1.54) is 6.42 Å². The molecule has 0 aliphatic carbocycles. The number of nitrogens with one attached hydrogen (secondary N) is 2. The molecular weight excluding hydrogens is 406 g/mol. The van der Waals surface area contributed by atoms with Crippen LogP contribution >= 0.6 is 0 Å². The topological polar surface area (TPSA) is 120 Å². The van der Waals surface area contributed by atoms with Gasteiger partial charge in [-0.15, -0.1) is 0 Å². The highest BCUT2D eigenvalue weighted by Gasteiger charge is 2.17. The van der Waals surface area contributed by atoms with Gasteiger partial charge in [-0.3, -0.25) is 0 Å². The van der Waals surface area contributed by atoms with Crippen LogP contribution < -0.4 is 10.2 Å². The van der Waals surface area contributed by atoms with E-state index in [1.54, 1.807) is 18.5 Å². The number of aryl methyl sites for hydroxylation is 1. The Morgan fingerprint density at radius 3 is 2.72 bits per heavy atom. The number of benzene rings is 1. The first-order chi connectivity index (χ1) is 15.6. The summed E-state index contributed by atoms with van der Waals surface area (Å²) in [6, 6.07) is 9.43. The molecule has 0 spiro atoms. The number of aromatic carboxylic acids is 1. The van der Waals surface area contributed by atoms with Crippen molar-refractivity contribution in [3.05, 3.63) is 54.0 Å². The van der Waals surface area contributed by atoms with Crippen molar-refractivity contribution in [2.45, 2.75) is 26.2 Å². The molecule has 32 heavy (non-hydrogen) atoms. The highest BCUT2D eigenvalue weighted by molar-refractivity contribution is 5.91. The largest absolute Gasteiger partial charge is 0.477 e. The van der Waals surface area contributed by atoms with Crippen molar-refractivity contribution in [3.63, 3.8) is 0 Å². The van der Waals surface area contributed by atoms with Crippen LogP contribution in [0, 0.1) is 6.92 Å². The molecule has 1 aromatic carbocycles. The number of hydrogen-bond acceptors (Lipinski definition) is 7. The molecule has 0 amide bonds. The molecule has 9 heteroatoms. The van der Waals surface area contributed by atoms with Crippen molar-refractivity contribution in [1.82, 2.24) is 24.9 Å². The van der Waals surface area contributed by atoms with Crippen LogP contribution in [0.4, 0.5) is 17.7 Å². The first-order valence-electron chi connectivity index (χ1n) is 10.6. The predicted octanol–water partition coefficient (Wildman–Crippen LogP) is 4.16. The van der Waals surface area contributed by atoms with E-state index in [1.807, 2.05) is 31.2 Å². The molecule has 0 radical (unpaired) electrons. The lowest BCUT2D eigenvalue weighted by Gasteiger charge is -2.27. The van der Waals surface area contributed by atoms with Crippen LogP contribution in [-0.2, 0) is 0 Å². The molecule has 162 valence electrons. The molecule has 3 aromatic heterocycles. The predicted molar refractivity (Wildman–Crippen MR) is 122 cm³/mol. The van der Waals surface area contributed by atoms with Gasteiger partial charge in [0.1, 0.15) is 11.5 Å². The second-order valence-corrected chi connectivity index (χ2v) is 7.89. The molecule has 0 unspecified atom stereocenters. The minimum Gasteiger partial charge on any atom is -0.477 e. The summed E-state index contributed by atoms with van der Waals surface area (Å²) in [4.78, 5) is 34.9. The van der Waals surface area contributed by atoms with Gasteiger partial charge in [0.2, 0.25) is 11.9 Å². The van der Waals surface area contributed by atoms with Crippen LogP contribution in [-0.4, -0.2) is 49.1 Å². The number of piperidine rings is 1. The zero-order valence-electron chi connectivity index (χ0n) is 17.7. The highest BCUT2D eigenvalue weighted by Crippen LogP contribution is 2.28. The smallest absolute Gasteiger partial charge is 0.352 e. The first kappa shape index (κ1) is 19.9. The Morgan fingerprint density at radius 2 is 1.94 bits per heavy atom. The Kier molecular flexibility index (Phi) is 5.14. The number of rotatable bonds is 5. The van der Waals surface area contributed by atoms with Crippen molar-refractivity contribution >= 4 is 34.6 Å². The molecule has 1 aliphatic heterocycles. The molecule has 0 bridgehead atoms. The van der Waals surface area contributed by atoms with E-state index in [2.05, 4.69) is 25.2 Å². The molecule has 4 aromatic rings. The van der Waals surface area contributed by atoms with Crippen molar-refractivity contribution in [3.8, 4) is 11.3 Å². The minimum absolute atomic E-state index is 0.112. The van der Waals surface area contributed by atoms with Gasteiger partial charge >= 0.3 is 5.97 Å². The van der Waals surface area contributed by atoms with Gasteiger partial charge in [-0.1, -0.05) is 12.1 Å². The number of carboxylic acid groups (broad SMARTS) is 1. The number of aromatic nitrogens is 5. The molecule has 5 rings (SSSR count). The lowest BCUT2D eigenvalue weighted by atomic mass is 10.1. The zero-order valence-corrected chi connectivity index (χ0v) is 17.7. The van der Waals surface area contributed by atoms with Gasteiger partial charge in [0.05, 0.1) is 11.2 Å². The summed E-state index contributed by atoms with van der Waals surface area (Å²) in [6.07, 6.45) is 6.86. The monoisotopic (exact) mass is 429 g/mol. The maximum atomic E-state index is 11.2. The SMILES string of the molecule is Cc1cnc(Nc2nc(N3CCCCC3)nc3ccccc23)nc1-c1c[nH]c(C(=O)O)c1. The van der Waals surface area contributed by atoms with Crippen LogP contribution in [0.3, 0.4) is 0 Å². The van der Waals surface area contributed by atoms with Gasteiger partial charge in [0, 0.05) is 36.4 Å². The second kappa shape index (κ2) is 8.26. The van der Waals surface area contributed by atoms with Crippen LogP contribution in [0.25, 0.3) is 22.2 Å². The number of carboxylic acids is 1. The summed E-state index contributed by atoms with van der Waals surface area (Å²) in [5.74, 6) is 0.720. The number of para-hydroxylation sites is 1. The van der Waals surface area contributed by atoms with E-state index in [-0.39, 0.29) is 5.69 Å². The van der Waals surface area contributed by atoms with Crippen LogP contribution in [0.15, 0.2) is 42.7 Å². The van der Waals surface area contributed by atoms with E-state index in [9.17, 15) is 9.90 Å². The van der Waals surface area contributed by atoms with E-state index >= 15 is 0 Å². The molecule has 1 fully saturated rings. The Hall–Kier alpha value is -4.01. The Morgan fingerprint density at radius 1 is 1.12 bits per heavy atom. The lowest BCUT2D eigenvalue weighted by Crippen LogP contribution is -2.31. The molecule has 1 saturated heterocycles. The summed E-state index contributed by atoms with van der Waals surface area (Å²) in [7, 11) is 0. The Labute approximate surface area is 184 Å². The summed E-state index contributed by atoms with van der Waals surface area (Å²) in [6.45, 7) is 3.78. The first-order valence-corrected chi connectivity index (χ1v) is 10.6. The number of fused-ring (bicyclic) bond motifs is 1. The lowest BCUT2D eigenvalue weighted by molar-refractivity contribution is 0.0691. The summed E-state index contributed by atoms with van der Waals surface area (Å²) in [5.41, 5.74) is 3.15. The summed E-state index contributed by atoms with van der Waals surface area (Å²) in [5, 5.41) is 13.4. The number of nitrogens with zero attached hydrogens (tertiary/aromatic N) is 5. The van der Waals surface area contributed by atoms with E-state index in [0.717, 1.165) is 42.4 Å². The number of H-pyrrole nitrogens is 1. The van der Waals surface area contributed by atoms with Crippen molar-refractivity contribution in [1.29, 1.82) is 0 Å². The van der Waals surface area contributed by atoms with Gasteiger partial charge in [-0.2, -0.15) is 4.98 Å².